The molecule has 1 atom stereocenters. The van der Waals surface area contributed by atoms with Gasteiger partial charge in [0.25, 0.3) is 0 Å². The summed E-state index contributed by atoms with van der Waals surface area (Å²) in [6, 6.07) is 1.75. The molecular weight excluding hydrogens is 228 g/mol. The molecule has 1 aromatic heterocycles. The quantitative estimate of drug-likeness (QED) is 0.804. The SMILES string of the molecule is CCC(CN)S(=O)(=O)N(C)Cc1ccoc1. The molecule has 1 unspecified atom stereocenters. The van der Waals surface area contributed by atoms with Gasteiger partial charge in [-0.15, -0.1) is 0 Å². The fourth-order valence-electron chi connectivity index (χ4n) is 1.48. The molecule has 1 aromatic rings. The maximum absolute atomic E-state index is 12.0. The van der Waals surface area contributed by atoms with Crippen LogP contribution in [0.3, 0.4) is 0 Å². The van der Waals surface area contributed by atoms with E-state index in [1.807, 2.05) is 6.92 Å². The highest BCUT2D eigenvalue weighted by molar-refractivity contribution is 7.89. The van der Waals surface area contributed by atoms with Gasteiger partial charge in [0.2, 0.25) is 10.0 Å². The summed E-state index contributed by atoms with van der Waals surface area (Å²) < 4.78 is 30.3. The molecule has 5 nitrogen and oxygen atoms in total. The smallest absolute Gasteiger partial charge is 0.218 e. The predicted octanol–water partition coefficient (Wildman–Crippen LogP) is 0.779. The molecule has 0 aliphatic rings. The zero-order valence-electron chi connectivity index (χ0n) is 9.59. The van der Waals surface area contributed by atoms with Crippen LogP contribution >= 0.6 is 0 Å². The molecule has 0 saturated heterocycles. The third kappa shape index (κ3) is 2.84. The van der Waals surface area contributed by atoms with Crippen LogP contribution in [0.5, 0.6) is 0 Å². The van der Waals surface area contributed by atoms with Crippen molar-refractivity contribution in [3.05, 3.63) is 24.2 Å². The number of hydrogen-bond donors (Lipinski definition) is 1. The zero-order chi connectivity index (χ0) is 12.2. The first-order valence-electron chi connectivity index (χ1n) is 5.18. The van der Waals surface area contributed by atoms with E-state index in [-0.39, 0.29) is 6.54 Å². The van der Waals surface area contributed by atoms with Gasteiger partial charge in [-0.05, 0) is 12.5 Å². The van der Waals surface area contributed by atoms with E-state index in [1.54, 1.807) is 13.1 Å². The van der Waals surface area contributed by atoms with Gasteiger partial charge in [-0.25, -0.2) is 12.7 Å². The first-order valence-corrected chi connectivity index (χ1v) is 6.69. The molecule has 0 aliphatic carbocycles. The van der Waals surface area contributed by atoms with Gasteiger partial charge in [-0.3, -0.25) is 0 Å². The molecule has 0 bridgehead atoms. The lowest BCUT2D eigenvalue weighted by atomic mass is 10.3. The Morgan fingerprint density at radius 3 is 2.69 bits per heavy atom. The Morgan fingerprint density at radius 2 is 2.25 bits per heavy atom. The number of rotatable bonds is 6. The van der Waals surface area contributed by atoms with Crippen LogP contribution in [-0.2, 0) is 16.6 Å². The molecule has 1 rings (SSSR count). The molecule has 0 saturated carbocycles. The lowest BCUT2D eigenvalue weighted by molar-refractivity contribution is 0.450. The van der Waals surface area contributed by atoms with E-state index in [0.717, 1.165) is 5.56 Å². The maximum atomic E-state index is 12.0. The average molecular weight is 246 g/mol. The van der Waals surface area contributed by atoms with E-state index >= 15 is 0 Å². The number of furan rings is 1. The molecule has 6 heteroatoms. The fraction of sp³-hybridized carbons (Fsp3) is 0.600. The van der Waals surface area contributed by atoms with Gasteiger partial charge in [0.15, 0.2) is 0 Å². The molecule has 0 spiro atoms. The summed E-state index contributed by atoms with van der Waals surface area (Å²) in [6.07, 6.45) is 3.58. The van der Waals surface area contributed by atoms with Gasteiger partial charge in [0.1, 0.15) is 0 Å². The van der Waals surface area contributed by atoms with Crippen molar-refractivity contribution in [3.8, 4) is 0 Å². The molecule has 92 valence electrons. The van der Waals surface area contributed by atoms with E-state index in [2.05, 4.69) is 0 Å². The molecular formula is C10H18N2O3S. The minimum absolute atomic E-state index is 0.147. The second-order valence-electron chi connectivity index (χ2n) is 3.70. The normalized spacial score (nSPS) is 14.2. The summed E-state index contributed by atoms with van der Waals surface area (Å²) in [5.41, 5.74) is 6.29. The summed E-state index contributed by atoms with van der Waals surface area (Å²) in [7, 11) is -1.75. The summed E-state index contributed by atoms with van der Waals surface area (Å²) in [5, 5.41) is -0.510. The van der Waals surface area contributed by atoms with Crippen LogP contribution < -0.4 is 5.73 Å². The van der Waals surface area contributed by atoms with E-state index in [4.69, 9.17) is 10.2 Å². The standard InChI is InChI=1S/C10H18N2O3S/c1-3-10(6-11)16(13,14)12(2)7-9-4-5-15-8-9/h4-5,8,10H,3,6-7,11H2,1-2H3. The lowest BCUT2D eigenvalue weighted by Crippen LogP contribution is -2.39. The molecule has 16 heavy (non-hydrogen) atoms. The first-order chi connectivity index (χ1) is 7.52. The minimum atomic E-state index is -3.31. The molecule has 0 aliphatic heterocycles. The van der Waals surface area contributed by atoms with Gasteiger partial charge >= 0.3 is 0 Å². The van der Waals surface area contributed by atoms with Crippen molar-refractivity contribution in [2.75, 3.05) is 13.6 Å². The van der Waals surface area contributed by atoms with E-state index in [0.29, 0.717) is 13.0 Å². The van der Waals surface area contributed by atoms with Crippen LogP contribution in [0.1, 0.15) is 18.9 Å². The highest BCUT2D eigenvalue weighted by Gasteiger charge is 2.27. The second-order valence-corrected chi connectivity index (χ2v) is 6.02. The summed E-state index contributed by atoms with van der Waals surface area (Å²) >= 11 is 0. The summed E-state index contributed by atoms with van der Waals surface area (Å²) in [4.78, 5) is 0. The Balaban J connectivity index is 2.76. The van der Waals surface area contributed by atoms with Gasteiger partial charge in [-0.1, -0.05) is 6.92 Å². The lowest BCUT2D eigenvalue weighted by Gasteiger charge is -2.22. The maximum Gasteiger partial charge on any atom is 0.218 e. The van der Waals surface area contributed by atoms with E-state index < -0.39 is 15.3 Å². The number of nitrogens with zero attached hydrogens (tertiary/aromatic N) is 1. The topological polar surface area (TPSA) is 76.5 Å². The Morgan fingerprint density at radius 1 is 1.56 bits per heavy atom. The van der Waals surface area contributed by atoms with Crippen molar-refractivity contribution in [2.24, 2.45) is 5.73 Å². The van der Waals surface area contributed by atoms with E-state index in [1.165, 1.54) is 16.8 Å². The molecule has 0 aromatic carbocycles. The van der Waals surface area contributed by atoms with Gasteiger partial charge in [0, 0.05) is 25.7 Å². The first kappa shape index (κ1) is 13.2. The van der Waals surface area contributed by atoms with Crippen LogP contribution in [0, 0.1) is 0 Å². The summed E-state index contributed by atoms with van der Waals surface area (Å²) in [5.74, 6) is 0. The van der Waals surface area contributed by atoms with Crippen LogP contribution in [0.2, 0.25) is 0 Å². The van der Waals surface area contributed by atoms with Crippen LogP contribution in [0.15, 0.2) is 23.0 Å². The predicted molar refractivity (Wildman–Crippen MR) is 62.2 cm³/mol. The average Bonchev–Trinajstić information content (AvgIpc) is 2.71. The van der Waals surface area contributed by atoms with Crippen LogP contribution in [-0.4, -0.2) is 31.6 Å². The van der Waals surface area contributed by atoms with Crippen molar-refractivity contribution >= 4 is 10.0 Å². The molecule has 1 heterocycles. The molecule has 0 fully saturated rings. The van der Waals surface area contributed by atoms with Crippen molar-refractivity contribution in [1.29, 1.82) is 0 Å². The van der Waals surface area contributed by atoms with Crippen LogP contribution in [0.4, 0.5) is 0 Å². The highest BCUT2D eigenvalue weighted by atomic mass is 32.2. The largest absolute Gasteiger partial charge is 0.472 e. The van der Waals surface area contributed by atoms with Crippen molar-refractivity contribution < 1.29 is 12.8 Å². The Hall–Kier alpha value is -0.850. The van der Waals surface area contributed by atoms with Crippen molar-refractivity contribution in [3.63, 3.8) is 0 Å². The summed E-state index contributed by atoms with van der Waals surface area (Å²) in [6.45, 7) is 2.28. The fourth-order valence-corrected chi connectivity index (χ4v) is 2.99. The molecule has 0 radical (unpaired) electrons. The highest BCUT2D eigenvalue weighted by Crippen LogP contribution is 2.13. The Bertz CT molecular complexity index is 396. The Kier molecular flexibility index (Phi) is 4.52. The third-order valence-corrected chi connectivity index (χ3v) is 4.93. The third-order valence-electron chi connectivity index (χ3n) is 2.56. The number of nitrogens with two attached hydrogens (primary N) is 1. The van der Waals surface area contributed by atoms with E-state index in [9.17, 15) is 8.42 Å². The monoisotopic (exact) mass is 246 g/mol. The minimum Gasteiger partial charge on any atom is -0.472 e. The zero-order valence-corrected chi connectivity index (χ0v) is 10.4. The van der Waals surface area contributed by atoms with Crippen LogP contribution in [0.25, 0.3) is 0 Å². The molecule has 2 N–H and O–H groups in total. The van der Waals surface area contributed by atoms with Crippen molar-refractivity contribution in [1.82, 2.24) is 4.31 Å². The van der Waals surface area contributed by atoms with Gasteiger partial charge < -0.3 is 10.2 Å². The van der Waals surface area contributed by atoms with Gasteiger partial charge in [0.05, 0.1) is 17.8 Å². The number of sulfonamides is 1. The molecule has 0 amide bonds. The van der Waals surface area contributed by atoms with Crippen molar-refractivity contribution in [2.45, 2.75) is 25.1 Å². The second kappa shape index (κ2) is 5.47. The van der Waals surface area contributed by atoms with Gasteiger partial charge in [-0.2, -0.15) is 0 Å². The number of hydrogen-bond acceptors (Lipinski definition) is 4. The Labute approximate surface area is 96.3 Å².